The first-order valence-corrected chi connectivity index (χ1v) is 5.04. The topological polar surface area (TPSA) is 43.4 Å². The van der Waals surface area contributed by atoms with Crippen molar-refractivity contribution >= 4 is 11.8 Å². The van der Waals surface area contributed by atoms with Crippen molar-refractivity contribution in [2.24, 2.45) is 0 Å². The number of ether oxygens (including phenoxy) is 1. The fourth-order valence-electron chi connectivity index (χ4n) is 1.12. The summed E-state index contributed by atoms with van der Waals surface area (Å²) in [5.74, 6) is -0.950. The lowest BCUT2D eigenvalue weighted by Gasteiger charge is -2.12. The van der Waals surface area contributed by atoms with E-state index in [-0.39, 0.29) is 0 Å². The molecule has 3 atom stereocenters. The normalized spacial score (nSPS) is 17.6. The van der Waals surface area contributed by atoms with Gasteiger partial charge in [0.05, 0.1) is 11.7 Å². The highest BCUT2D eigenvalue weighted by Gasteiger charge is 2.11. The minimum Gasteiger partial charge on any atom is -0.459 e. The SMILES string of the molecule is [2H][C@@H]([C@H]([2H])C(C)=O)[C@@H](C)OC(=O)c1ccccc1. The van der Waals surface area contributed by atoms with Gasteiger partial charge in [0.2, 0.25) is 0 Å². The van der Waals surface area contributed by atoms with Gasteiger partial charge in [-0.2, -0.15) is 0 Å². The number of hydrogen-bond donors (Lipinski definition) is 0. The first kappa shape index (κ1) is 9.58. The van der Waals surface area contributed by atoms with Crippen LogP contribution in [0.5, 0.6) is 0 Å². The van der Waals surface area contributed by atoms with E-state index in [9.17, 15) is 9.59 Å². The zero-order valence-corrected chi connectivity index (χ0v) is 9.34. The van der Waals surface area contributed by atoms with Gasteiger partial charge < -0.3 is 9.53 Å². The highest BCUT2D eigenvalue weighted by molar-refractivity contribution is 5.89. The Bertz CT molecular complexity index is 420. The van der Waals surface area contributed by atoms with E-state index in [1.54, 1.807) is 30.3 Å². The van der Waals surface area contributed by atoms with E-state index in [0.29, 0.717) is 5.56 Å². The summed E-state index contributed by atoms with van der Waals surface area (Å²) in [5.41, 5.74) is 0.390. The predicted molar refractivity (Wildman–Crippen MR) is 61.2 cm³/mol. The van der Waals surface area contributed by atoms with Gasteiger partial charge in [0.1, 0.15) is 5.78 Å². The lowest BCUT2D eigenvalue weighted by Crippen LogP contribution is -2.15. The number of ketones is 1. The Morgan fingerprint density at radius 2 is 2.00 bits per heavy atom. The van der Waals surface area contributed by atoms with Crippen LogP contribution in [-0.2, 0) is 9.53 Å². The van der Waals surface area contributed by atoms with Gasteiger partial charge in [0.25, 0.3) is 0 Å². The maximum atomic E-state index is 11.7. The van der Waals surface area contributed by atoms with Gasteiger partial charge in [0.15, 0.2) is 0 Å². The molecule has 0 radical (unpaired) electrons. The average Bonchev–Trinajstić information content (AvgIpc) is 2.37. The number of carbonyl (C=O) groups excluding carboxylic acids is 2. The third-order valence-corrected chi connectivity index (χ3v) is 1.90. The second kappa shape index (κ2) is 6.05. The molecular formula is C13H16O3. The lowest BCUT2D eigenvalue weighted by atomic mass is 10.1. The summed E-state index contributed by atoms with van der Waals surface area (Å²) in [7, 11) is 0. The third kappa shape index (κ3) is 4.26. The van der Waals surface area contributed by atoms with Crippen LogP contribution in [0.3, 0.4) is 0 Å². The molecule has 0 bridgehead atoms. The highest BCUT2D eigenvalue weighted by atomic mass is 16.5. The summed E-state index contributed by atoms with van der Waals surface area (Å²) in [6.07, 6.45) is -3.07. The molecule has 1 rings (SSSR count). The van der Waals surface area contributed by atoms with Crippen molar-refractivity contribution < 1.29 is 17.1 Å². The molecule has 1 aromatic carbocycles. The van der Waals surface area contributed by atoms with Crippen LogP contribution < -0.4 is 0 Å². The fourth-order valence-corrected chi connectivity index (χ4v) is 1.12. The van der Waals surface area contributed by atoms with E-state index in [1.807, 2.05) is 0 Å². The van der Waals surface area contributed by atoms with Crippen LogP contribution in [0.4, 0.5) is 0 Å². The highest BCUT2D eigenvalue weighted by Crippen LogP contribution is 2.07. The lowest BCUT2D eigenvalue weighted by molar-refractivity contribution is -0.117. The van der Waals surface area contributed by atoms with Gasteiger partial charge in [-0.3, -0.25) is 0 Å². The molecule has 0 saturated heterocycles. The van der Waals surface area contributed by atoms with Gasteiger partial charge in [-0.05, 0) is 32.4 Å². The molecule has 3 nitrogen and oxygen atoms in total. The summed E-state index contributed by atoms with van der Waals surface area (Å²) in [4.78, 5) is 22.7. The number of benzene rings is 1. The maximum Gasteiger partial charge on any atom is 0.338 e. The van der Waals surface area contributed by atoms with E-state index >= 15 is 0 Å². The van der Waals surface area contributed by atoms with E-state index in [4.69, 9.17) is 7.48 Å². The van der Waals surface area contributed by atoms with E-state index in [2.05, 4.69) is 0 Å². The molecule has 0 spiro atoms. The van der Waals surface area contributed by atoms with Gasteiger partial charge in [0, 0.05) is 9.14 Å². The Balaban J connectivity index is 2.62. The van der Waals surface area contributed by atoms with Crippen LogP contribution in [0.2, 0.25) is 0 Å². The van der Waals surface area contributed by atoms with Crippen LogP contribution in [-0.4, -0.2) is 17.9 Å². The molecule has 16 heavy (non-hydrogen) atoms. The van der Waals surface area contributed by atoms with Gasteiger partial charge in [-0.1, -0.05) is 18.2 Å². The molecule has 0 aliphatic carbocycles. The standard InChI is InChI=1S/C13H16O3/c1-10(14)8-9-11(2)16-13(15)12-6-4-3-5-7-12/h3-7,11H,8-9H2,1-2H3/t11-/m1/s1/i8D,9D/t8-,9-,11+/m0. The molecule has 0 aliphatic heterocycles. The van der Waals surface area contributed by atoms with Crippen molar-refractivity contribution in [3.05, 3.63) is 35.9 Å². The summed E-state index contributed by atoms with van der Waals surface area (Å²) in [5, 5.41) is 0. The second-order valence-corrected chi connectivity index (χ2v) is 3.45. The molecular weight excluding hydrogens is 204 g/mol. The monoisotopic (exact) mass is 222 g/mol. The van der Waals surface area contributed by atoms with Crippen LogP contribution >= 0.6 is 0 Å². The van der Waals surface area contributed by atoms with Crippen molar-refractivity contribution in [3.63, 3.8) is 0 Å². The molecule has 0 aromatic heterocycles. The van der Waals surface area contributed by atoms with Crippen molar-refractivity contribution in [1.29, 1.82) is 0 Å². The molecule has 0 heterocycles. The molecule has 0 aliphatic rings. The van der Waals surface area contributed by atoms with Crippen LogP contribution in [0, 0.1) is 0 Å². The molecule has 86 valence electrons. The quantitative estimate of drug-likeness (QED) is 0.719. The number of esters is 1. The summed E-state index contributed by atoms with van der Waals surface area (Å²) in [6.45, 7) is 2.77. The number of hydrogen-bond acceptors (Lipinski definition) is 3. The second-order valence-electron chi connectivity index (χ2n) is 3.45. The number of carbonyl (C=O) groups is 2. The zero-order valence-electron chi connectivity index (χ0n) is 11.3. The summed E-state index contributed by atoms with van der Waals surface area (Å²) < 4.78 is 20.2. The van der Waals surface area contributed by atoms with Crippen LogP contribution in [0.25, 0.3) is 0 Å². The fraction of sp³-hybridized carbons (Fsp3) is 0.385. The van der Waals surface area contributed by atoms with Crippen molar-refractivity contribution in [3.8, 4) is 0 Å². The first-order valence-electron chi connectivity index (χ1n) is 6.20. The van der Waals surface area contributed by atoms with E-state index in [0.717, 1.165) is 0 Å². The minimum atomic E-state index is -1.19. The summed E-state index contributed by atoms with van der Waals surface area (Å²) in [6, 6.07) is 8.42. The Morgan fingerprint density at radius 3 is 2.56 bits per heavy atom. The molecule has 0 fully saturated rings. The third-order valence-electron chi connectivity index (χ3n) is 1.90. The molecule has 0 N–H and O–H groups in total. The average molecular weight is 222 g/mol. The Hall–Kier alpha value is -1.64. The zero-order chi connectivity index (χ0) is 13.7. The Labute approximate surface area is 98.2 Å². The molecule has 0 saturated carbocycles. The van der Waals surface area contributed by atoms with E-state index in [1.165, 1.54) is 13.8 Å². The van der Waals surface area contributed by atoms with E-state index < -0.39 is 30.7 Å². The molecule has 1 aromatic rings. The van der Waals surface area contributed by atoms with Gasteiger partial charge in [-0.15, -0.1) is 0 Å². The van der Waals surface area contributed by atoms with Crippen molar-refractivity contribution in [2.45, 2.75) is 32.7 Å². The largest absolute Gasteiger partial charge is 0.459 e. The van der Waals surface area contributed by atoms with Crippen LogP contribution in [0.15, 0.2) is 30.3 Å². The smallest absolute Gasteiger partial charge is 0.338 e. The Kier molecular flexibility index (Phi) is 3.62. The van der Waals surface area contributed by atoms with Crippen LogP contribution in [0.1, 0.15) is 39.7 Å². The molecule has 3 heteroatoms. The number of rotatable bonds is 5. The molecule has 0 amide bonds. The van der Waals surface area contributed by atoms with Crippen molar-refractivity contribution in [2.75, 3.05) is 0 Å². The van der Waals surface area contributed by atoms with Gasteiger partial charge >= 0.3 is 5.97 Å². The summed E-state index contributed by atoms with van der Waals surface area (Å²) >= 11 is 0. The minimum absolute atomic E-state index is 0.390. The molecule has 0 unspecified atom stereocenters. The predicted octanol–water partition coefficient (Wildman–Crippen LogP) is 2.60. The number of Topliss-reactive ketones (excluding diaryl/α,β-unsaturated/α-hetero) is 1. The van der Waals surface area contributed by atoms with Crippen molar-refractivity contribution in [1.82, 2.24) is 0 Å². The maximum absolute atomic E-state index is 11.7. The first-order chi connectivity index (χ1) is 8.43. The van der Waals surface area contributed by atoms with Gasteiger partial charge in [-0.25, -0.2) is 4.79 Å². The Morgan fingerprint density at radius 1 is 1.38 bits per heavy atom.